The largest absolute Gasteiger partial charge is 0.459 e. The van der Waals surface area contributed by atoms with E-state index in [9.17, 15) is 0 Å². The zero-order valence-corrected chi connectivity index (χ0v) is 21.6. The number of hydrogen-bond acceptors (Lipinski definition) is 8. The molecule has 0 unspecified atom stereocenters. The number of aromatic nitrogens is 4. The molecule has 1 aliphatic heterocycles. The number of nitrogens with one attached hydrogen (secondary N) is 2. The first-order valence-corrected chi connectivity index (χ1v) is 13.2. The Morgan fingerprint density at radius 2 is 1.92 bits per heavy atom. The van der Waals surface area contributed by atoms with E-state index < -0.39 is 0 Å². The quantitative estimate of drug-likeness (QED) is 0.185. The average Bonchev–Trinajstić information content (AvgIpc) is 3.38. The molecule has 1 atom stereocenters. The van der Waals surface area contributed by atoms with Crippen molar-refractivity contribution in [3.8, 4) is 11.3 Å². The minimum absolute atomic E-state index is 0.412. The topological polar surface area (TPSA) is 92.0 Å². The van der Waals surface area contributed by atoms with Crippen LogP contribution in [0.15, 0.2) is 81.6 Å². The van der Waals surface area contributed by atoms with Gasteiger partial charge in [0.15, 0.2) is 10.3 Å². The summed E-state index contributed by atoms with van der Waals surface area (Å²) in [6.07, 6.45) is 6.97. The van der Waals surface area contributed by atoms with Crippen LogP contribution in [0.4, 0.5) is 11.8 Å². The second-order valence-electron chi connectivity index (χ2n) is 8.50. The number of rotatable bonds is 7. The Kier molecular flexibility index (Phi) is 7.73. The molecule has 36 heavy (non-hydrogen) atoms. The van der Waals surface area contributed by atoms with Crippen molar-refractivity contribution in [2.45, 2.75) is 49.0 Å². The van der Waals surface area contributed by atoms with Crippen molar-refractivity contribution >= 4 is 40.9 Å². The van der Waals surface area contributed by atoms with Crippen LogP contribution in [0.3, 0.4) is 0 Å². The third-order valence-electron chi connectivity index (χ3n) is 5.89. The average molecular weight is 518 g/mol. The molecule has 5 rings (SSSR count). The molecule has 1 aromatic carbocycles. The maximum atomic E-state index is 5.96. The normalized spacial score (nSPS) is 15.5. The van der Waals surface area contributed by atoms with E-state index >= 15 is 0 Å². The van der Waals surface area contributed by atoms with Gasteiger partial charge < -0.3 is 20.0 Å². The molecule has 0 spiro atoms. The molecule has 0 radical (unpaired) electrons. The Morgan fingerprint density at radius 1 is 1.08 bits per heavy atom. The highest BCUT2D eigenvalue weighted by Crippen LogP contribution is 2.30. The van der Waals surface area contributed by atoms with Crippen LogP contribution in [0.2, 0.25) is 0 Å². The highest BCUT2D eigenvalue weighted by molar-refractivity contribution is 7.99. The number of piperidine rings is 1. The van der Waals surface area contributed by atoms with Gasteiger partial charge in [0.05, 0.1) is 6.54 Å². The summed E-state index contributed by atoms with van der Waals surface area (Å²) in [5, 5.41) is 8.15. The SMILES string of the molecule is C[C@@H]1CCCCN1c1cc(Sc2ncccn2)nc(NC(=S)NCc2ccc(-c3ccccc3)o2)n1. The van der Waals surface area contributed by atoms with Gasteiger partial charge in [-0.2, -0.15) is 4.98 Å². The lowest BCUT2D eigenvalue weighted by Crippen LogP contribution is -2.38. The number of nitrogens with zero attached hydrogens (tertiary/aromatic N) is 5. The molecule has 184 valence electrons. The lowest BCUT2D eigenvalue weighted by atomic mass is 10.0. The van der Waals surface area contributed by atoms with E-state index in [2.05, 4.69) is 37.4 Å². The summed E-state index contributed by atoms with van der Waals surface area (Å²) in [5.41, 5.74) is 1.04. The Balaban J connectivity index is 1.29. The van der Waals surface area contributed by atoms with E-state index in [0.717, 1.165) is 47.3 Å². The van der Waals surface area contributed by atoms with Crippen LogP contribution >= 0.6 is 24.0 Å². The second kappa shape index (κ2) is 11.5. The van der Waals surface area contributed by atoms with Crippen LogP contribution in [0.1, 0.15) is 31.9 Å². The molecule has 1 fully saturated rings. The molecular formula is C26H27N7OS2. The van der Waals surface area contributed by atoms with Gasteiger partial charge in [0.1, 0.15) is 22.4 Å². The smallest absolute Gasteiger partial charge is 0.232 e. The number of benzene rings is 1. The van der Waals surface area contributed by atoms with Crippen molar-refractivity contribution in [3.05, 3.63) is 72.8 Å². The molecule has 2 N–H and O–H groups in total. The lowest BCUT2D eigenvalue weighted by molar-refractivity contribution is 0.480. The van der Waals surface area contributed by atoms with Crippen molar-refractivity contribution in [3.63, 3.8) is 0 Å². The first-order valence-electron chi connectivity index (χ1n) is 11.9. The van der Waals surface area contributed by atoms with Gasteiger partial charge in [0.25, 0.3) is 0 Å². The Labute approximate surface area is 220 Å². The van der Waals surface area contributed by atoms with E-state index in [1.54, 1.807) is 18.5 Å². The molecule has 3 aromatic heterocycles. The number of anilines is 2. The Bertz CT molecular complexity index is 1300. The van der Waals surface area contributed by atoms with Gasteiger partial charge in [0.2, 0.25) is 5.95 Å². The maximum absolute atomic E-state index is 5.96. The van der Waals surface area contributed by atoms with Crippen LogP contribution in [-0.2, 0) is 6.54 Å². The first-order chi connectivity index (χ1) is 17.6. The molecule has 10 heteroatoms. The predicted molar refractivity (Wildman–Crippen MR) is 146 cm³/mol. The van der Waals surface area contributed by atoms with Crippen molar-refractivity contribution in [1.29, 1.82) is 0 Å². The van der Waals surface area contributed by atoms with E-state index in [-0.39, 0.29) is 0 Å². The van der Waals surface area contributed by atoms with Crippen molar-refractivity contribution < 1.29 is 4.42 Å². The molecule has 4 heterocycles. The molecule has 4 aromatic rings. The third-order valence-corrected chi connectivity index (χ3v) is 6.95. The fourth-order valence-corrected chi connectivity index (χ4v) is 4.96. The number of furan rings is 1. The summed E-state index contributed by atoms with van der Waals surface area (Å²) in [7, 11) is 0. The minimum Gasteiger partial charge on any atom is -0.459 e. The summed E-state index contributed by atoms with van der Waals surface area (Å²) in [6, 6.07) is 18.1. The zero-order valence-electron chi connectivity index (χ0n) is 19.9. The highest BCUT2D eigenvalue weighted by atomic mass is 32.2. The van der Waals surface area contributed by atoms with Gasteiger partial charge in [-0.25, -0.2) is 15.0 Å². The van der Waals surface area contributed by atoms with E-state index in [0.29, 0.717) is 28.8 Å². The van der Waals surface area contributed by atoms with E-state index in [4.69, 9.17) is 21.6 Å². The molecule has 0 amide bonds. The van der Waals surface area contributed by atoms with Gasteiger partial charge in [-0.1, -0.05) is 30.3 Å². The molecule has 0 saturated carbocycles. The summed E-state index contributed by atoms with van der Waals surface area (Å²) < 4.78 is 5.96. The van der Waals surface area contributed by atoms with Gasteiger partial charge in [-0.15, -0.1) is 0 Å². The third kappa shape index (κ3) is 6.19. The molecule has 1 saturated heterocycles. The monoisotopic (exact) mass is 517 g/mol. The second-order valence-corrected chi connectivity index (χ2v) is 9.90. The maximum Gasteiger partial charge on any atom is 0.232 e. The fraction of sp³-hybridized carbons (Fsp3) is 0.269. The zero-order chi connectivity index (χ0) is 24.7. The standard InChI is InChI=1S/C26H27N7OS2/c1-18-8-5-6-15-33(18)22-16-23(36-26-27-13-7-14-28-26)31-24(30-22)32-25(35)29-17-20-11-12-21(34-20)19-9-3-2-4-10-19/h2-4,7,9-14,16,18H,5-6,8,15,17H2,1H3,(H2,29,30,31,32,35)/t18-/m1/s1. The van der Waals surface area contributed by atoms with Crippen LogP contribution in [0.25, 0.3) is 11.3 Å². The van der Waals surface area contributed by atoms with Crippen LogP contribution < -0.4 is 15.5 Å². The fourth-order valence-electron chi connectivity index (χ4n) is 4.08. The summed E-state index contributed by atoms with van der Waals surface area (Å²) in [6.45, 7) is 3.65. The Hall–Kier alpha value is -3.50. The van der Waals surface area contributed by atoms with E-state index in [1.165, 1.54) is 18.2 Å². The van der Waals surface area contributed by atoms with Gasteiger partial charge in [0, 0.05) is 36.6 Å². The van der Waals surface area contributed by atoms with Crippen LogP contribution in [0.5, 0.6) is 0 Å². The van der Waals surface area contributed by atoms with Crippen LogP contribution in [-0.4, -0.2) is 37.6 Å². The van der Waals surface area contributed by atoms with E-state index in [1.807, 2.05) is 48.5 Å². The Morgan fingerprint density at radius 3 is 2.72 bits per heavy atom. The van der Waals surface area contributed by atoms with Crippen molar-refractivity contribution in [2.75, 3.05) is 16.8 Å². The number of hydrogen-bond donors (Lipinski definition) is 2. The summed E-state index contributed by atoms with van der Waals surface area (Å²) >= 11 is 6.94. The van der Waals surface area contributed by atoms with Gasteiger partial charge >= 0.3 is 0 Å². The van der Waals surface area contributed by atoms with Crippen molar-refractivity contribution in [2.24, 2.45) is 0 Å². The highest BCUT2D eigenvalue weighted by Gasteiger charge is 2.21. The molecule has 0 aliphatic carbocycles. The molecular weight excluding hydrogens is 490 g/mol. The lowest BCUT2D eigenvalue weighted by Gasteiger charge is -2.34. The predicted octanol–water partition coefficient (Wildman–Crippen LogP) is 5.54. The molecule has 8 nitrogen and oxygen atoms in total. The summed E-state index contributed by atoms with van der Waals surface area (Å²) in [5.74, 6) is 2.92. The minimum atomic E-state index is 0.412. The summed E-state index contributed by atoms with van der Waals surface area (Å²) in [4.78, 5) is 20.4. The van der Waals surface area contributed by atoms with Crippen molar-refractivity contribution in [1.82, 2.24) is 25.3 Å². The van der Waals surface area contributed by atoms with Gasteiger partial charge in [-0.05, 0) is 68.4 Å². The first kappa shape index (κ1) is 24.2. The number of thiocarbonyl (C=S) groups is 1. The molecule has 0 bridgehead atoms. The van der Waals surface area contributed by atoms with Crippen LogP contribution in [0, 0.1) is 0 Å². The molecule has 1 aliphatic rings. The van der Waals surface area contributed by atoms with Gasteiger partial charge in [-0.3, -0.25) is 0 Å².